The summed E-state index contributed by atoms with van der Waals surface area (Å²) in [5, 5.41) is 2.84. The molecule has 9 heteroatoms. The third-order valence-corrected chi connectivity index (χ3v) is 7.67. The Kier molecular flexibility index (Phi) is 8.77. The van der Waals surface area contributed by atoms with Crippen molar-refractivity contribution in [2.45, 2.75) is 23.1 Å². The number of benzene rings is 2. The highest BCUT2D eigenvalue weighted by Crippen LogP contribution is 2.21. The van der Waals surface area contributed by atoms with E-state index in [1.54, 1.807) is 36.0 Å². The maximum absolute atomic E-state index is 12.6. The molecule has 1 saturated heterocycles. The average Bonchev–Trinajstić information content (AvgIpc) is 2.79. The van der Waals surface area contributed by atoms with Gasteiger partial charge in [-0.2, -0.15) is 4.31 Å². The minimum Gasteiger partial charge on any atom is -0.492 e. The van der Waals surface area contributed by atoms with Gasteiger partial charge in [0.1, 0.15) is 12.4 Å². The first-order valence-electron chi connectivity index (χ1n) is 10.2. The van der Waals surface area contributed by atoms with E-state index in [1.165, 1.54) is 9.87 Å². The van der Waals surface area contributed by atoms with Crippen molar-refractivity contribution in [1.29, 1.82) is 0 Å². The number of amides is 1. The first-order valence-corrected chi connectivity index (χ1v) is 12.6. The molecule has 168 valence electrons. The van der Waals surface area contributed by atoms with Gasteiger partial charge in [0, 0.05) is 30.2 Å². The smallest absolute Gasteiger partial charge is 0.243 e. The fourth-order valence-electron chi connectivity index (χ4n) is 2.99. The second-order valence-electron chi connectivity index (χ2n) is 7.10. The number of hydrogen-bond acceptors (Lipinski definition) is 6. The topological polar surface area (TPSA) is 84.9 Å². The molecule has 0 aromatic heterocycles. The van der Waals surface area contributed by atoms with Crippen molar-refractivity contribution in [3.63, 3.8) is 0 Å². The Bertz CT molecular complexity index is 941. The van der Waals surface area contributed by atoms with Gasteiger partial charge in [0.15, 0.2) is 0 Å². The first-order chi connectivity index (χ1) is 14.9. The quantitative estimate of drug-likeness (QED) is 0.430. The molecule has 1 fully saturated rings. The van der Waals surface area contributed by atoms with Crippen LogP contribution in [0, 0.1) is 6.92 Å². The highest BCUT2D eigenvalue weighted by Gasteiger charge is 2.26. The summed E-state index contributed by atoms with van der Waals surface area (Å²) < 4.78 is 37.5. The average molecular weight is 465 g/mol. The number of carbonyl (C=O) groups excluding carboxylic acids is 1. The molecule has 2 aromatic carbocycles. The maximum Gasteiger partial charge on any atom is 0.243 e. The van der Waals surface area contributed by atoms with Crippen molar-refractivity contribution < 1.29 is 22.7 Å². The Morgan fingerprint density at radius 3 is 2.45 bits per heavy atom. The summed E-state index contributed by atoms with van der Waals surface area (Å²) in [7, 11) is -3.51. The highest BCUT2D eigenvalue weighted by atomic mass is 32.2. The molecule has 0 atom stereocenters. The minimum absolute atomic E-state index is 0.0184. The van der Waals surface area contributed by atoms with Gasteiger partial charge in [0.2, 0.25) is 15.9 Å². The van der Waals surface area contributed by atoms with Crippen LogP contribution < -0.4 is 10.1 Å². The van der Waals surface area contributed by atoms with E-state index in [1.807, 2.05) is 6.92 Å². The maximum atomic E-state index is 12.6. The predicted octanol–water partition coefficient (Wildman–Crippen LogP) is 2.69. The molecule has 1 amide bonds. The molecule has 0 unspecified atom stereocenters. The van der Waals surface area contributed by atoms with E-state index in [2.05, 4.69) is 29.6 Å². The SMILES string of the molecule is Cc1ccc(SCCC(=O)NCCOc2ccc(S(=O)(=O)N3CCOCC3)cc2)cc1. The summed E-state index contributed by atoms with van der Waals surface area (Å²) >= 11 is 1.66. The van der Waals surface area contributed by atoms with Crippen LogP contribution in [0.3, 0.4) is 0 Å². The first kappa shape index (κ1) is 23.6. The number of morpholine rings is 1. The summed E-state index contributed by atoms with van der Waals surface area (Å²) in [6.45, 7) is 4.31. The second kappa shape index (κ2) is 11.5. The van der Waals surface area contributed by atoms with E-state index >= 15 is 0 Å². The molecule has 0 aliphatic carbocycles. The van der Waals surface area contributed by atoms with E-state index in [9.17, 15) is 13.2 Å². The van der Waals surface area contributed by atoms with Crippen LogP contribution in [0.1, 0.15) is 12.0 Å². The molecule has 1 heterocycles. The normalized spacial score (nSPS) is 14.9. The van der Waals surface area contributed by atoms with E-state index in [0.717, 1.165) is 10.6 Å². The number of nitrogens with zero attached hydrogens (tertiary/aromatic N) is 1. The van der Waals surface area contributed by atoms with Gasteiger partial charge < -0.3 is 14.8 Å². The second-order valence-corrected chi connectivity index (χ2v) is 10.2. The molecule has 31 heavy (non-hydrogen) atoms. The fourth-order valence-corrected chi connectivity index (χ4v) is 5.25. The van der Waals surface area contributed by atoms with Crippen molar-refractivity contribution in [3.05, 3.63) is 54.1 Å². The lowest BCUT2D eigenvalue weighted by atomic mass is 10.2. The molecule has 7 nitrogen and oxygen atoms in total. The zero-order valence-electron chi connectivity index (χ0n) is 17.6. The molecular formula is C22H28N2O5S2. The van der Waals surface area contributed by atoms with E-state index in [-0.39, 0.29) is 10.8 Å². The Balaban J connectivity index is 1.34. The molecule has 0 bridgehead atoms. The number of nitrogens with one attached hydrogen (secondary N) is 1. The van der Waals surface area contributed by atoms with Crippen molar-refractivity contribution >= 4 is 27.7 Å². The van der Waals surface area contributed by atoms with Gasteiger partial charge in [0.25, 0.3) is 0 Å². The highest BCUT2D eigenvalue weighted by molar-refractivity contribution is 7.99. The molecule has 0 spiro atoms. The number of aryl methyl sites for hydroxylation is 1. The summed E-state index contributed by atoms with van der Waals surface area (Å²) in [6.07, 6.45) is 0.437. The zero-order valence-corrected chi connectivity index (χ0v) is 19.2. The lowest BCUT2D eigenvalue weighted by Gasteiger charge is -2.26. The lowest BCUT2D eigenvalue weighted by molar-refractivity contribution is -0.120. The van der Waals surface area contributed by atoms with E-state index in [0.29, 0.717) is 51.6 Å². The molecule has 0 radical (unpaired) electrons. The predicted molar refractivity (Wildman–Crippen MR) is 121 cm³/mol. The summed E-state index contributed by atoms with van der Waals surface area (Å²) in [6, 6.07) is 14.6. The number of sulfonamides is 1. The Morgan fingerprint density at radius 2 is 1.77 bits per heavy atom. The number of rotatable bonds is 10. The third-order valence-electron chi connectivity index (χ3n) is 4.74. The van der Waals surface area contributed by atoms with Crippen LogP contribution in [0.2, 0.25) is 0 Å². The van der Waals surface area contributed by atoms with Gasteiger partial charge in [-0.25, -0.2) is 8.42 Å². The summed E-state index contributed by atoms with van der Waals surface area (Å²) in [5.74, 6) is 1.26. The lowest BCUT2D eigenvalue weighted by Crippen LogP contribution is -2.40. The van der Waals surface area contributed by atoms with Crippen molar-refractivity contribution in [2.24, 2.45) is 0 Å². The summed E-state index contributed by atoms with van der Waals surface area (Å²) in [5.41, 5.74) is 1.22. The van der Waals surface area contributed by atoms with Crippen LogP contribution >= 0.6 is 11.8 Å². The molecule has 0 saturated carbocycles. The largest absolute Gasteiger partial charge is 0.492 e. The molecular weight excluding hydrogens is 436 g/mol. The fraction of sp³-hybridized carbons (Fsp3) is 0.409. The Hall–Kier alpha value is -2.07. The van der Waals surface area contributed by atoms with Gasteiger partial charge in [-0.3, -0.25) is 4.79 Å². The third kappa shape index (κ3) is 7.24. The summed E-state index contributed by atoms with van der Waals surface area (Å²) in [4.78, 5) is 13.3. The Morgan fingerprint density at radius 1 is 1.10 bits per heavy atom. The molecule has 1 aliphatic heterocycles. The van der Waals surface area contributed by atoms with Crippen LogP contribution in [-0.2, 0) is 19.6 Å². The molecule has 1 N–H and O–H groups in total. The number of ether oxygens (including phenoxy) is 2. The van der Waals surface area contributed by atoms with Crippen LogP contribution in [0.15, 0.2) is 58.3 Å². The van der Waals surface area contributed by atoms with E-state index in [4.69, 9.17) is 9.47 Å². The zero-order chi connectivity index (χ0) is 22.1. The Labute approximate surface area is 188 Å². The number of hydrogen-bond donors (Lipinski definition) is 1. The van der Waals surface area contributed by atoms with Crippen molar-refractivity contribution in [3.8, 4) is 5.75 Å². The van der Waals surface area contributed by atoms with Gasteiger partial charge in [0.05, 0.1) is 24.7 Å². The number of thioether (sulfide) groups is 1. The van der Waals surface area contributed by atoms with Crippen molar-refractivity contribution in [2.75, 3.05) is 45.2 Å². The van der Waals surface area contributed by atoms with Gasteiger partial charge in [-0.05, 0) is 43.3 Å². The molecule has 3 rings (SSSR count). The van der Waals surface area contributed by atoms with Gasteiger partial charge in [-0.1, -0.05) is 17.7 Å². The minimum atomic E-state index is -3.51. The molecule has 2 aromatic rings. The standard InChI is InChI=1S/C22H28N2O5S2/c1-18-2-6-20(7-3-18)30-17-10-22(25)23-11-14-29-19-4-8-21(9-5-19)31(26,27)24-12-15-28-16-13-24/h2-9H,10-17H2,1H3,(H,23,25). The van der Waals surface area contributed by atoms with Gasteiger partial charge >= 0.3 is 0 Å². The van der Waals surface area contributed by atoms with Crippen LogP contribution in [0.4, 0.5) is 0 Å². The van der Waals surface area contributed by atoms with Crippen LogP contribution in [-0.4, -0.2) is 63.8 Å². The number of carbonyl (C=O) groups is 1. The van der Waals surface area contributed by atoms with E-state index < -0.39 is 10.0 Å². The monoisotopic (exact) mass is 464 g/mol. The molecule has 1 aliphatic rings. The van der Waals surface area contributed by atoms with Gasteiger partial charge in [-0.15, -0.1) is 11.8 Å². The van der Waals surface area contributed by atoms with Crippen LogP contribution in [0.25, 0.3) is 0 Å². The van der Waals surface area contributed by atoms with Crippen molar-refractivity contribution in [1.82, 2.24) is 9.62 Å². The van der Waals surface area contributed by atoms with Crippen LogP contribution in [0.5, 0.6) is 5.75 Å².